The number of hydrogen-bond donors (Lipinski definition) is 10. The number of hydrogen-bond acceptors (Lipinski definition) is 30. The van der Waals surface area contributed by atoms with Gasteiger partial charge in [0.05, 0.1) is 85.2 Å². The maximum absolute atomic E-state index is 12.8. The number of nitrogen functional groups attached to an aromatic ring is 10. The van der Waals surface area contributed by atoms with E-state index in [1.165, 1.54) is 41.7 Å². The molecule has 0 aliphatic rings. The van der Waals surface area contributed by atoms with Gasteiger partial charge in [-0.15, -0.1) is 0 Å². The Morgan fingerprint density at radius 3 is 0.992 bits per heavy atom. The number of anilines is 10. The summed E-state index contributed by atoms with van der Waals surface area (Å²) in [5.41, 5.74) is 64.6. The van der Waals surface area contributed by atoms with Crippen molar-refractivity contribution < 1.29 is 55.5 Å². The minimum Gasteiger partial charge on any atom is -0.493 e. The van der Waals surface area contributed by atoms with Crippen molar-refractivity contribution in [2.45, 2.75) is 39.3 Å². The molecule has 0 bridgehead atoms. The Bertz CT molecular complexity index is 7330. The normalized spacial score (nSPS) is 11.0. The summed E-state index contributed by atoms with van der Waals surface area (Å²) in [6.45, 7) is 8.55. The number of rotatable bonds is 15. The fourth-order valence-electron chi connectivity index (χ4n) is 13.3. The molecule has 0 amide bonds. The summed E-state index contributed by atoms with van der Waals surface area (Å²) in [6.07, 6.45) is -3.05. The first kappa shape index (κ1) is 90.3. The Balaban J connectivity index is 0.000000128. The molecule has 19 rings (SSSR count). The molecule has 0 unspecified atom stereocenters. The van der Waals surface area contributed by atoms with Crippen LogP contribution in [0.15, 0.2) is 291 Å². The van der Waals surface area contributed by atoms with Gasteiger partial charge in [-0.25, -0.2) is 44.3 Å². The second-order valence-corrected chi connectivity index (χ2v) is 29.8. The lowest BCUT2D eigenvalue weighted by Crippen LogP contribution is -2.10. The molecule has 0 atom stereocenters. The molecular weight excluding hydrogens is 1690 g/mol. The average Bonchev–Trinajstić information content (AvgIpc) is 0.785. The number of aromatic nitrogens is 12. The van der Waals surface area contributed by atoms with Gasteiger partial charge in [0.2, 0.25) is 23.8 Å². The molecule has 0 saturated carbocycles. The smallest absolute Gasteiger partial charge is 0.416 e. The number of aryl methyl sites for hydroxylation is 1. The maximum Gasteiger partial charge on any atom is 0.416 e. The highest BCUT2D eigenvalue weighted by molar-refractivity contribution is 5.99. The summed E-state index contributed by atoms with van der Waals surface area (Å²) >= 11 is 0. The van der Waals surface area contributed by atoms with Gasteiger partial charge in [0.15, 0.2) is 17.3 Å². The molecule has 6 aromatic heterocycles. The Labute approximate surface area is 752 Å². The second kappa shape index (κ2) is 40.1. The maximum atomic E-state index is 12.8. The first-order valence-corrected chi connectivity index (χ1v) is 40.3. The van der Waals surface area contributed by atoms with Crippen LogP contribution in [-0.2, 0) is 11.6 Å². The van der Waals surface area contributed by atoms with Crippen LogP contribution in [-0.4, -0.2) is 74.0 Å². The molecule has 132 heavy (non-hydrogen) atoms. The molecule has 0 aliphatic carbocycles. The van der Waals surface area contributed by atoms with Crippen molar-refractivity contribution in [2.24, 2.45) is 0 Å². The van der Waals surface area contributed by atoms with Crippen molar-refractivity contribution in [2.75, 3.05) is 71.6 Å². The van der Waals surface area contributed by atoms with Gasteiger partial charge in [0.25, 0.3) is 0 Å². The largest absolute Gasteiger partial charge is 0.493 e. The number of nitrogens with two attached hydrogens (primary N) is 10. The fraction of sp³-hybridized carbons (Fsp3) is 0.0816. The molecule has 0 spiro atoms. The SMILES string of the molecule is CC(C)(C)c1ccc(Oc2cccc3nc(N)nc(N)c23)cc1.COc1ccc(Oc2cccc3nc(N)nc(N)c23)cc1OC.Cc1ccc(Oc2cccc3nc(N)nc(N)c23)cc1.Nc1nc(-c2ccccc2)nc2cccc(Oc3ccccc3)c12.Nc1nc(N)c2c(Oc3cccc(C(F)(F)F)c3)cccc2n1.Nc1ncnc2cccc(Oc3ccc(F)cc3)c12. The van der Waals surface area contributed by atoms with Crippen molar-refractivity contribution in [3.05, 3.63) is 314 Å². The van der Waals surface area contributed by atoms with E-state index in [4.69, 9.17) is 95.2 Å². The third-order valence-corrected chi connectivity index (χ3v) is 19.5. The second-order valence-electron chi connectivity index (χ2n) is 29.8. The number of ether oxygens (including phenoxy) is 8. The molecule has 19 aromatic rings. The molecule has 0 radical (unpaired) electrons. The number of para-hydroxylation sites is 1. The molecule has 0 saturated heterocycles. The number of nitrogens with zero attached hydrogens (tertiary/aromatic N) is 12. The summed E-state index contributed by atoms with van der Waals surface area (Å²) in [5.74, 6) is 10.2. The molecule has 13 aromatic carbocycles. The fourth-order valence-corrected chi connectivity index (χ4v) is 13.3. The van der Waals surface area contributed by atoms with Gasteiger partial charge in [0, 0.05) is 11.6 Å². The predicted octanol–water partition coefficient (Wildman–Crippen LogP) is 20.8. The van der Waals surface area contributed by atoms with Crippen LogP contribution in [0, 0.1) is 12.7 Å². The molecule has 664 valence electrons. The Hall–Kier alpha value is -18.0. The minimum atomic E-state index is -4.45. The molecular formula is C98H86F4N22O8. The molecule has 30 nitrogen and oxygen atoms in total. The van der Waals surface area contributed by atoms with Gasteiger partial charge in [-0.1, -0.05) is 142 Å². The first-order valence-electron chi connectivity index (χ1n) is 40.3. The van der Waals surface area contributed by atoms with E-state index < -0.39 is 11.7 Å². The summed E-state index contributed by atoms with van der Waals surface area (Å²) < 4.78 is 96.6. The zero-order valence-corrected chi connectivity index (χ0v) is 71.6. The van der Waals surface area contributed by atoms with Crippen molar-refractivity contribution in [1.29, 1.82) is 0 Å². The third kappa shape index (κ3) is 22.3. The summed E-state index contributed by atoms with van der Waals surface area (Å²) in [5, 5.41) is 3.70. The molecule has 6 heterocycles. The number of fused-ring (bicyclic) bond motifs is 6. The zero-order valence-electron chi connectivity index (χ0n) is 71.6. The van der Waals surface area contributed by atoms with Gasteiger partial charge in [-0.3, -0.25) is 0 Å². The van der Waals surface area contributed by atoms with Crippen LogP contribution in [0.2, 0.25) is 0 Å². The number of alkyl halides is 3. The molecule has 20 N–H and O–H groups in total. The van der Waals surface area contributed by atoms with E-state index in [1.54, 1.807) is 80.9 Å². The van der Waals surface area contributed by atoms with Gasteiger partial charge in [-0.05, 0) is 182 Å². The van der Waals surface area contributed by atoms with E-state index in [0.29, 0.717) is 135 Å². The van der Waals surface area contributed by atoms with Crippen LogP contribution in [0.5, 0.6) is 80.5 Å². The number of halogens is 4. The monoisotopic (exact) mass is 1770 g/mol. The topological polar surface area (TPSA) is 489 Å². The highest BCUT2D eigenvalue weighted by Gasteiger charge is 2.31. The van der Waals surface area contributed by atoms with E-state index in [9.17, 15) is 17.6 Å². The van der Waals surface area contributed by atoms with Crippen molar-refractivity contribution >= 4 is 124 Å². The first-order chi connectivity index (χ1) is 63.5. The average molecular weight is 1780 g/mol. The van der Waals surface area contributed by atoms with Crippen LogP contribution >= 0.6 is 0 Å². The van der Waals surface area contributed by atoms with E-state index in [1.807, 2.05) is 177 Å². The summed E-state index contributed by atoms with van der Waals surface area (Å²) in [7, 11) is 3.14. The van der Waals surface area contributed by atoms with Crippen molar-refractivity contribution in [3.63, 3.8) is 0 Å². The Kier molecular flexibility index (Phi) is 27.4. The highest BCUT2D eigenvalue weighted by atomic mass is 19.4. The molecule has 34 heteroatoms. The van der Waals surface area contributed by atoms with Crippen LogP contribution in [0.3, 0.4) is 0 Å². The summed E-state index contributed by atoms with van der Waals surface area (Å²) in [6, 6.07) is 83.2. The van der Waals surface area contributed by atoms with E-state index in [0.717, 1.165) is 45.8 Å². The lowest BCUT2D eigenvalue weighted by molar-refractivity contribution is -0.137. The van der Waals surface area contributed by atoms with Crippen LogP contribution in [0.1, 0.15) is 37.5 Å². The minimum absolute atomic E-state index is 0.00576. The van der Waals surface area contributed by atoms with E-state index >= 15 is 0 Å². The van der Waals surface area contributed by atoms with Gasteiger partial charge in [0.1, 0.15) is 116 Å². The van der Waals surface area contributed by atoms with Gasteiger partial charge < -0.3 is 95.2 Å². The van der Waals surface area contributed by atoms with Crippen LogP contribution in [0.25, 0.3) is 76.8 Å². The van der Waals surface area contributed by atoms with Crippen molar-refractivity contribution in [1.82, 2.24) is 59.8 Å². The van der Waals surface area contributed by atoms with E-state index in [-0.39, 0.29) is 58.2 Å². The van der Waals surface area contributed by atoms with Gasteiger partial charge in [-0.2, -0.15) is 33.1 Å². The van der Waals surface area contributed by atoms with Gasteiger partial charge >= 0.3 is 6.18 Å². The Morgan fingerprint density at radius 2 is 0.591 bits per heavy atom. The predicted molar refractivity (Wildman–Crippen MR) is 507 cm³/mol. The van der Waals surface area contributed by atoms with Crippen molar-refractivity contribution in [3.8, 4) is 91.9 Å². The van der Waals surface area contributed by atoms with Crippen LogP contribution < -0.4 is 95.2 Å². The summed E-state index contributed by atoms with van der Waals surface area (Å²) in [4.78, 5) is 49.5. The molecule has 0 aliphatic heterocycles. The molecule has 0 fully saturated rings. The standard InChI is InChI=1S/C20H15N3O.C18H20N4O.C16H16N4O3.C15H11F3N4O.C15H14N4O.C14H10FN3O/c21-19-18-16(22-20(23-19)14-8-3-1-4-9-14)12-7-13-17(18)24-15-10-5-2-6-11-15;1-18(2,3)11-7-9-12(10-8-11)23-14-6-4-5-13-15(14)16(19)22-17(20)21-13;1-21-11-7-6-9(8-13(11)22-2)23-12-5-3-4-10-14(12)15(17)20-16(18)19-10;16-15(17,18)8-3-1-4-9(7-8)23-11-6-2-5-10-12(11)13(19)22-14(20)21-10;1-9-5-7-10(8-6-9)20-12-4-2-3-11-13(12)14(16)19-15(17)18-11;15-9-4-6-10(7-5-9)19-12-3-1-2-11-13(12)14(16)18-8-17-11/h1-13H,(H2,21,22,23);4-10H,1-3H3,(H4,19,20,21,22);3-8H,1-2H3,(H4,17,18,19,20);1-7H,(H4,19,20,21,22);2-8H,1H3,(H4,16,17,18,19);1-8H,(H2,16,17,18). The van der Waals surface area contributed by atoms with E-state index in [2.05, 4.69) is 92.7 Å². The highest BCUT2D eigenvalue weighted by Crippen LogP contribution is 2.42. The Morgan fingerprint density at radius 1 is 0.265 bits per heavy atom. The lowest BCUT2D eigenvalue weighted by atomic mass is 9.87. The quantitative estimate of drug-likeness (QED) is 0.0426. The lowest BCUT2D eigenvalue weighted by Gasteiger charge is -2.19. The number of methoxy groups -OCH3 is 2. The van der Waals surface area contributed by atoms with Crippen LogP contribution in [0.4, 0.5) is 76.3 Å². The zero-order chi connectivity index (χ0) is 93.3. The third-order valence-electron chi connectivity index (χ3n) is 19.5. The number of benzene rings is 13.